The van der Waals surface area contributed by atoms with Crippen LogP contribution in [0.5, 0.6) is 0 Å². The molecule has 0 bridgehead atoms. The van der Waals surface area contributed by atoms with Crippen LogP contribution in [-0.4, -0.2) is 36.7 Å². The average molecular weight is 393 g/mol. The van der Waals surface area contributed by atoms with Crippen LogP contribution in [0.2, 0.25) is 0 Å². The van der Waals surface area contributed by atoms with Gasteiger partial charge in [0.1, 0.15) is 11.2 Å². The van der Waals surface area contributed by atoms with Crippen molar-refractivity contribution in [3.63, 3.8) is 0 Å². The fraction of sp³-hybridized carbons (Fsp3) is 0.455. The highest BCUT2D eigenvalue weighted by molar-refractivity contribution is 5.77. The largest absolute Gasteiger partial charge is 0.338 e. The van der Waals surface area contributed by atoms with E-state index in [0.29, 0.717) is 29.9 Å². The minimum Gasteiger partial charge on any atom is -0.338 e. The molecule has 1 aromatic carbocycles. The smallest absolute Gasteiger partial charge is 0.264 e. The van der Waals surface area contributed by atoms with Crippen molar-refractivity contribution in [3.8, 4) is 0 Å². The topological polar surface area (TPSA) is 73.0 Å². The van der Waals surface area contributed by atoms with Crippen molar-refractivity contribution in [2.45, 2.75) is 59.2 Å². The van der Waals surface area contributed by atoms with E-state index >= 15 is 0 Å². The number of benzene rings is 1. The molecule has 7 nitrogen and oxygen atoms in total. The molecule has 0 N–H and O–H groups in total. The number of carbonyl (C=O) groups excluding carboxylic acids is 1. The first kappa shape index (κ1) is 19.4. The highest BCUT2D eigenvalue weighted by atomic mass is 16.2. The van der Waals surface area contributed by atoms with Gasteiger partial charge in [0.25, 0.3) is 5.56 Å². The maximum absolute atomic E-state index is 13.0. The van der Waals surface area contributed by atoms with Crippen molar-refractivity contribution in [3.05, 3.63) is 57.8 Å². The second kappa shape index (κ2) is 7.13. The molecular formula is C22H27N5O2. The Bertz CT molecular complexity index is 1140. The maximum Gasteiger partial charge on any atom is 0.264 e. The highest BCUT2D eigenvalue weighted by Crippen LogP contribution is 2.20. The second-order valence-corrected chi connectivity index (χ2v) is 8.66. The van der Waals surface area contributed by atoms with Crippen LogP contribution in [-0.2, 0) is 29.8 Å². The predicted octanol–water partition coefficient (Wildman–Crippen LogP) is 2.63. The van der Waals surface area contributed by atoms with Gasteiger partial charge in [0.15, 0.2) is 5.65 Å². The van der Waals surface area contributed by atoms with Gasteiger partial charge < -0.3 is 4.90 Å². The lowest BCUT2D eigenvalue weighted by molar-refractivity contribution is -0.132. The van der Waals surface area contributed by atoms with Crippen LogP contribution in [0, 0.1) is 6.92 Å². The molecule has 7 heteroatoms. The van der Waals surface area contributed by atoms with E-state index in [1.165, 1.54) is 11.1 Å². The number of rotatable bonds is 3. The van der Waals surface area contributed by atoms with E-state index in [1.807, 2.05) is 44.7 Å². The summed E-state index contributed by atoms with van der Waals surface area (Å²) in [6.45, 7) is 9.57. The van der Waals surface area contributed by atoms with Crippen LogP contribution < -0.4 is 5.56 Å². The Hall–Kier alpha value is -2.96. The van der Waals surface area contributed by atoms with E-state index in [1.54, 1.807) is 15.4 Å². The van der Waals surface area contributed by atoms with Gasteiger partial charge in [-0.2, -0.15) is 5.10 Å². The molecule has 3 aromatic rings. The van der Waals surface area contributed by atoms with Crippen molar-refractivity contribution < 1.29 is 4.79 Å². The predicted molar refractivity (Wildman–Crippen MR) is 112 cm³/mol. The lowest BCUT2D eigenvalue weighted by Gasteiger charge is -2.29. The minimum absolute atomic E-state index is 0.0660. The van der Waals surface area contributed by atoms with Crippen molar-refractivity contribution >= 4 is 16.9 Å². The van der Waals surface area contributed by atoms with E-state index in [2.05, 4.69) is 22.2 Å². The summed E-state index contributed by atoms with van der Waals surface area (Å²) in [6.07, 6.45) is 2.74. The fourth-order valence-electron chi connectivity index (χ4n) is 3.93. The Balaban J connectivity index is 1.53. The Kier molecular flexibility index (Phi) is 4.76. The summed E-state index contributed by atoms with van der Waals surface area (Å²) < 4.78 is 3.37. The van der Waals surface area contributed by atoms with Crippen molar-refractivity contribution in [2.24, 2.45) is 0 Å². The normalized spacial score (nSPS) is 14.3. The first-order valence-electron chi connectivity index (χ1n) is 10.1. The highest BCUT2D eigenvalue weighted by Gasteiger charge is 2.23. The van der Waals surface area contributed by atoms with Gasteiger partial charge >= 0.3 is 0 Å². The molecule has 1 aliphatic rings. The van der Waals surface area contributed by atoms with Gasteiger partial charge in [-0.05, 0) is 45.2 Å². The zero-order valence-corrected chi connectivity index (χ0v) is 17.5. The van der Waals surface area contributed by atoms with E-state index in [9.17, 15) is 9.59 Å². The van der Waals surface area contributed by atoms with Gasteiger partial charge in [-0.25, -0.2) is 9.67 Å². The van der Waals surface area contributed by atoms with E-state index < -0.39 is 0 Å². The molecule has 0 saturated carbocycles. The van der Waals surface area contributed by atoms with Crippen LogP contribution in [0.4, 0.5) is 0 Å². The van der Waals surface area contributed by atoms with Crippen molar-refractivity contribution in [2.75, 3.05) is 6.54 Å². The van der Waals surface area contributed by atoms with Gasteiger partial charge in [-0.1, -0.05) is 24.3 Å². The molecule has 0 aliphatic carbocycles. The minimum atomic E-state index is -0.264. The zero-order chi connectivity index (χ0) is 20.8. The second-order valence-electron chi connectivity index (χ2n) is 8.66. The number of fused-ring (bicyclic) bond motifs is 2. The molecule has 0 saturated heterocycles. The quantitative estimate of drug-likeness (QED) is 0.686. The molecule has 0 spiro atoms. The van der Waals surface area contributed by atoms with Crippen LogP contribution in [0.1, 0.15) is 44.1 Å². The first-order chi connectivity index (χ1) is 13.8. The number of aromatic nitrogens is 4. The summed E-state index contributed by atoms with van der Waals surface area (Å²) in [7, 11) is 0. The summed E-state index contributed by atoms with van der Waals surface area (Å²) in [6, 6.07) is 8.25. The van der Waals surface area contributed by atoms with E-state index in [-0.39, 0.29) is 23.4 Å². The summed E-state index contributed by atoms with van der Waals surface area (Å²) >= 11 is 0. The molecule has 1 aliphatic heterocycles. The summed E-state index contributed by atoms with van der Waals surface area (Å²) in [5.41, 5.74) is 2.71. The van der Waals surface area contributed by atoms with Gasteiger partial charge in [0.2, 0.25) is 5.91 Å². The number of nitrogens with zero attached hydrogens (tertiary/aromatic N) is 5. The molecular weight excluding hydrogens is 366 g/mol. The third-order valence-corrected chi connectivity index (χ3v) is 5.55. The number of hydrogen-bond acceptors (Lipinski definition) is 4. The fourth-order valence-corrected chi connectivity index (χ4v) is 3.93. The first-order valence-corrected chi connectivity index (χ1v) is 10.1. The zero-order valence-electron chi connectivity index (χ0n) is 17.5. The number of hydrogen-bond donors (Lipinski definition) is 0. The third kappa shape index (κ3) is 3.57. The molecule has 29 heavy (non-hydrogen) atoms. The maximum atomic E-state index is 13.0. The van der Waals surface area contributed by atoms with E-state index in [0.717, 1.165) is 13.0 Å². The Labute approximate surface area is 170 Å². The average Bonchev–Trinajstić information content (AvgIpc) is 3.11. The third-order valence-electron chi connectivity index (χ3n) is 5.55. The molecule has 3 heterocycles. The Morgan fingerprint density at radius 3 is 2.62 bits per heavy atom. The molecule has 0 atom stereocenters. The van der Waals surface area contributed by atoms with Gasteiger partial charge in [-0.15, -0.1) is 0 Å². The van der Waals surface area contributed by atoms with Gasteiger partial charge in [0.05, 0.1) is 11.7 Å². The SMILES string of the molecule is Cc1nc2c(cnn2C(C)(C)C)c(=O)n1CCC(=O)N1CCc2ccccc2C1. The van der Waals surface area contributed by atoms with Crippen LogP contribution in [0.3, 0.4) is 0 Å². The summed E-state index contributed by atoms with van der Waals surface area (Å²) in [5.74, 6) is 0.668. The Morgan fingerprint density at radius 1 is 1.17 bits per heavy atom. The summed E-state index contributed by atoms with van der Waals surface area (Å²) in [4.78, 5) is 32.3. The van der Waals surface area contributed by atoms with Crippen molar-refractivity contribution in [1.82, 2.24) is 24.2 Å². The van der Waals surface area contributed by atoms with Crippen LogP contribution in [0.15, 0.2) is 35.3 Å². The molecule has 152 valence electrons. The van der Waals surface area contributed by atoms with Crippen LogP contribution >= 0.6 is 0 Å². The van der Waals surface area contributed by atoms with Gasteiger partial charge in [0, 0.05) is 26.1 Å². The number of aryl methyl sites for hydroxylation is 1. The standard InChI is InChI=1S/C22H27N5O2/c1-15-24-20-18(13-23-27(20)22(2,3)4)21(29)26(15)12-10-19(28)25-11-9-16-7-5-6-8-17(16)14-25/h5-8,13H,9-12,14H2,1-4H3. The lowest BCUT2D eigenvalue weighted by Crippen LogP contribution is -2.37. The molecule has 4 rings (SSSR count). The Morgan fingerprint density at radius 2 is 1.90 bits per heavy atom. The lowest BCUT2D eigenvalue weighted by atomic mass is 10.00. The summed E-state index contributed by atoms with van der Waals surface area (Å²) in [5, 5.41) is 4.86. The van der Waals surface area contributed by atoms with Gasteiger partial charge in [-0.3, -0.25) is 14.2 Å². The molecule has 1 amide bonds. The molecule has 0 fully saturated rings. The molecule has 2 aromatic heterocycles. The van der Waals surface area contributed by atoms with E-state index in [4.69, 9.17) is 0 Å². The molecule has 0 radical (unpaired) electrons. The number of carbonyl (C=O) groups is 1. The molecule has 0 unspecified atom stereocenters. The number of amides is 1. The monoisotopic (exact) mass is 393 g/mol. The van der Waals surface area contributed by atoms with Crippen molar-refractivity contribution in [1.29, 1.82) is 0 Å². The van der Waals surface area contributed by atoms with Crippen LogP contribution in [0.25, 0.3) is 11.0 Å².